The zero-order chi connectivity index (χ0) is 14.6. The summed E-state index contributed by atoms with van der Waals surface area (Å²) in [4.78, 5) is 4.76. The van der Waals surface area contributed by atoms with Crippen LogP contribution < -0.4 is 5.32 Å². The lowest BCUT2D eigenvalue weighted by atomic mass is 10.3. The molecule has 0 saturated heterocycles. The van der Waals surface area contributed by atoms with Crippen molar-refractivity contribution in [2.24, 2.45) is 0 Å². The summed E-state index contributed by atoms with van der Waals surface area (Å²) < 4.78 is 24.0. The Kier molecular flexibility index (Phi) is 4.77. The van der Waals surface area contributed by atoms with Crippen LogP contribution in [0.25, 0.3) is 0 Å². The number of aromatic nitrogens is 1. The van der Waals surface area contributed by atoms with E-state index in [0.717, 1.165) is 17.1 Å². The number of hydrogen-bond donors (Lipinski definition) is 1. The van der Waals surface area contributed by atoms with E-state index in [4.69, 9.17) is 0 Å². The molecule has 0 amide bonds. The Balaban J connectivity index is 2.06. The molecule has 1 heterocycles. The number of anilines is 1. The highest BCUT2D eigenvalue weighted by Gasteiger charge is 2.15. The summed E-state index contributed by atoms with van der Waals surface area (Å²) in [7, 11) is -3.20. The first-order valence-corrected chi connectivity index (χ1v) is 9.03. The molecule has 0 bridgehead atoms. The predicted molar refractivity (Wildman–Crippen MR) is 83.2 cm³/mol. The smallest absolute Gasteiger partial charge is 0.180 e. The molecule has 0 aliphatic heterocycles. The number of hydrogen-bond acceptors (Lipinski definition) is 5. The number of nitrogens with one attached hydrogen (secondary N) is 1. The largest absolute Gasteiger partial charge is 0.384 e. The van der Waals surface area contributed by atoms with Gasteiger partial charge in [-0.25, -0.2) is 13.4 Å². The van der Waals surface area contributed by atoms with Crippen molar-refractivity contribution in [3.63, 3.8) is 0 Å². The van der Waals surface area contributed by atoms with Gasteiger partial charge in [0.2, 0.25) is 0 Å². The quantitative estimate of drug-likeness (QED) is 0.891. The van der Waals surface area contributed by atoms with Crippen LogP contribution in [0.4, 0.5) is 5.69 Å². The van der Waals surface area contributed by atoms with Crippen LogP contribution >= 0.6 is 11.3 Å². The number of thiazole rings is 1. The Morgan fingerprint density at radius 2 is 2.05 bits per heavy atom. The van der Waals surface area contributed by atoms with Crippen molar-refractivity contribution in [1.82, 2.24) is 4.98 Å². The molecule has 20 heavy (non-hydrogen) atoms. The van der Waals surface area contributed by atoms with E-state index >= 15 is 0 Å². The van der Waals surface area contributed by atoms with E-state index in [-0.39, 0.29) is 5.75 Å². The van der Waals surface area contributed by atoms with Gasteiger partial charge < -0.3 is 5.32 Å². The number of sulfone groups is 1. The van der Waals surface area contributed by atoms with Gasteiger partial charge in [-0.1, -0.05) is 19.1 Å². The third-order valence-corrected chi connectivity index (χ3v) is 5.74. The average molecular weight is 310 g/mol. The molecule has 1 aromatic carbocycles. The second kappa shape index (κ2) is 6.37. The normalized spacial score (nSPS) is 11.5. The zero-order valence-corrected chi connectivity index (χ0v) is 13.2. The van der Waals surface area contributed by atoms with Gasteiger partial charge in [0.1, 0.15) is 0 Å². The topological polar surface area (TPSA) is 59.1 Å². The van der Waals surface area contributed by atoms with Gasteiger partial charge in [0.15, 0.2) is 9.84 Å². The van der Waals surface area contributed by atoms with Crippen molar-refractivity contribution < 1.29 is 8.42 Å². The van der Waals surface area contributed by atoms with Crippen molar-refractivity contribution in [3.05, 3.63) is 40.3 Å². The van der Waals surface area contributed by atoms with E-state index in [9.17, 15) is 8.42 Å². The molecule has 4 nitrogen and oxygen atoms in total. The highest BCUT2D eigenvalue weighted by atomic mass is 32.2. The molecule has 0 spiro atoms. The molecule has 0 aliphatic rings. The van der Waals surface area contributed by atoms with Crippen molar-refractivity contribution in [3.8, 4) is 0 Å². The molecule has 0 radical (unpaired) electrons. The van der Waals surface area contributed by atoms with Gasteiger partial charge in [0.05, 0.1) is 21.3 Å². The number of nitrogens with zero attached hydrogens (tertiary/aromatic N) is 1. The molecule has 0 atom stereocenters. The van der Waals surface area contributed by atoms with Crippen LogP contribution in [0.5, 0.6) is 0 Å². The monoisotopic (exact) mass is 310 g/mol. The fourth-order valence-electron chi connectivity index (χ4n) is 1.86. The van der Waals surface area contributed by atoms with E-state index < -0.39 is 9.84 Å². The summed E-state index contributed by atoms with van der Waals surface area (Å²) in [6.45, 7) is 4.30. The van der Waals surface area contributed by atoms with Crippen molar-refractivity contribution >= 4 is 26.9 Å². The van der Waals surface area contributed by atoms with E-state index in [0.29, 0.717) is 17.1 Å². The maximum atomic E-state index is 12.0. The lowest BCUT2D eigenvalue weighted by Crippen LogP contribution is -2.11. The molecule has 6 heteroatoms. The highest BCUT2D eigenvalue weighted by molar-refractivity contribution is 7.91. The van der Waals surface area contributed by atoms with Crippen LogP contribution in [-0.4, -0.2) is 25.7 Å². The summed E-state index contributed by atoms with van der Waals surface area (Å²) in [6.07, 6.45) is 0.791. The summed E-state index contributed by atoms with van der Waals surface area (Å²) in [5.74, 6) is 0.109. The van der Waals surface area contributed by atoms with E-state index in [2.05, 4.69) is 10.3 Å². The van der Waals surface area contributed by atoms with Gasteiger partial charge in [-0.2, -0.15) is 0 Å². The van der Waals surface area contributed by atoms with Gasteiger partial charge >= 0.3 is 0 Å². The summed E-state index contributed by atoms with van der Waals surface area (Å²) in [5, 5.41) is 6.28. The van der Waals surface area contributed by atoms with Crippen LogP contribution in [0.2, 0.25) is 0 Å². The van der Waals surface area contributed by atoms with Gasteiger partial charge in [-0.05, 0) is 19.1 Å². The lowest BCUT2D eigenvalue weighted by Gasteiger charge is -2.11. The zero-order valence-electron chi connectivity index (χ0n) is 11.6. The van der Waals surface area contributed by atoms with Crippen LogP contribution in [-0.2, 0) is 16.3 Å². The molecule has 2 aromatic rings. The Hall–Kier alpha value is -1.40. The first kappa shape index (κ1) is 15.0. The molecule has 0 unspecified atom stereocenters. The number of para-hydroxylation sites is 1. The minimum absolute atomic E-state index is 0.109. The van der Waals surface area contributed by atoms with Crippen LogP contribution in [0.3, 0.4) is 0 Å². The Bertz CT molecular complexity index is 678. The minimum atomic E-state index is -3.20. The number of benzene rings is 1. The number of aryl methyl sites for hydroxylation is 1. The fraction of sp³-hybridized carbons (Fsp3) is 0.357. The van der Waals surface area contributed by atoms with Gasteiger partial charge in [-0.3, -0.25) is 0 Å². The van der Waals surface area contributed by atoms with Crippen molar-refractivity contribution in [1.29, 1.82) is 0 Å². The Morgan fingerprint density at radius 3 is 2.70 bits per heavy atom. The van der Waals surface area contributed by atoms with Crippen molar-refractivity contribution in [2.45, 2.75) is 25.2 Å². The van der Waals surface area contributed by atoms with Crippen molar-refractivity contribution in [2.75, 3.05) is 17.6 Å². The van der Waals surface area contributed by atoms with Gasteiger partial charge in [0.25, 0.3) is 0 Å². The summed E-state index contributed by atoms with van der Waals surface area (Å²) in [5.41, 5.74) is 1.70. The molecule has 0 saturated carbocycles. The lowest BCUT2D eigenvalue weighted by molar-refractivity contribution is 0.597. The molecule has 1 aromatic heterocycles. The van der Waals surface area contributed by atoms with E-state index in [1.807, 2.05) is 18.4 Å². The predicted octanol–water partition coefficient (Wildman–Crippen LogP) is 2.90. The highest BCUT2D eigenvalue weighted by Crippen LogP contribution is 2.22. The first-order chi connectivity index (χ1) is 9.53. The number of rotatable bonds is 6. The first-order valence-electron chi connectivity index (χ1n) is 6.49. The second-order valence-electron chi connectivity index (χ2n) is 4.46. The third-order valence-electron chi connectivity index (χ3n) is 2.92. The Labute approximate surface area is 123 Å². The van der Waals surface area contributed by atoms with Crippen LogP contribution in [0.1, 0.15) is 17.6 Å². The third kappa shape index (κ3) is 3.58. The fourth-order valence-corrected chi connectivity index (χ4v) is 3.71. The van der Waals surface area contributed by atoms with Crippen LogP contribution in [0.15, 0.2) is 34.5 Å². The SMILES string of the molecule is CCS(=O)(=O)c1ccccc1NCCc1nc(C)cs1. The van der Waals surface area contributed by atoms with Crippen LogP contribution in [0, 0.1) is 6.92 Å². The molecule has 0 aliphatic carbocycles. The summed E-state index contributed by atoms with van der Waals surface area (Å²) >= 11 is 1.63. The minimum Gasteiger partial charge on any atom is -0.384 e. The maximum absolute atomic E-state index is 12.0. The second-order valence-corrected chi connectivity index (χ2v) is 7.65. The molecular weight excluding hydrogens is 292 g/mol. The Morgan fingerprint density at radius 1 is 1.30 bits per heavy atom. The maximum Gasteiger partial charge on any atom is 0.180 e. The van der Waals surface area contributed by atoms with E-state index in [1.165, 1.54) is 0 Å². The van der Waals surface area contributed by atoms with Gasteiger partial charge in [0, 0.05) is 24.0 Å². The molecule has 0 fully saturated rings. The standard InChI is InChI=1S/C14H18N2O2S2/c1-3-20(17,18)13-7-5-4-6-12(13)15-9-8-14-16-11(2)10-19-14/h4-7,10,15H,3,8-9H2,1-2H3. The molecular formula is C14H18N2O2S2. The molecule has 1 N–H and O–H groups in total. The summed E-state index contributed by atoms with van der Waals surface area (Å²) in [6, 6.07) is 7.03. The molecule has 108 valence electrons. The average Bonchev–Trinajstić information content (AvgIpc) is 2.85. The van der Waals surface area contributed by atoms with E-state index in [1.54, 1.807) is 36.5 Å². The van der Waals surface area contributed by atoms with Gasteiger partial charge in [-0.15, -0.1) is 11.3 Å². The molecule has 2 rings (SSSR count).